The van der Waals surface area contributed by atoms with Crippen LogP contribution in [-0.2, 0) is 14.6 Å². The molecule has 3 aromatic rings. The zero-order chi connectivity index (χ0) is 22.0. The van der Waals surface area contributed by atoms with Crippen molar-refractivity contribution < 1.29 is 22.7 Å². The van der Waals surface area contributed by atoms with Crippen molar-refractivity contribution in [3.63, 3.8) is 0 Å². The number of sulfone groups is 1. The summed E-state index contributed by atoms with van der Waals surface area (Å²) in [6.45, 7) is 3.26. The molecule has 0 saturated carbocycles. The third kappa shape index (κ3) is 4.46. The summed E-state index contributed by atoms with van der Waals surface area (Å²) in [4.78, 5) is 22.4. The van der Waals surface area contributed by atoms with Crippen molar-refractivity contribution in [3.8, 4) is 11.6 Å². The van der Waals surface area contributed by atoms with Crippen LogP contribution in [0.15, 0.2) is 41.7 Å². The van der Waals surface area contributed by atoms with Gasteiger partial charge in [0.15, 0.2) is 15.5 Å². The van der Waals surface area contributed by atoms with Gasteiger partial charge in [0.05, 0.1) is 23.4 Å². The number of aromatic nitrogens is 4. The predicted octanol–water partition coefficient (Wildman–Crippen LogP) is 2.22. The number of hydrogen-bond donors (Lipinski definition) is 0. The number of likely N-dealkylation sites (tertiary alicyclic amines) is 1. The number of benzene rings is 1. The van der Waals surface area contributed by atoms with Crippen LogP contribution in [0, 0.1) is 0 Å². The molecule has 1 aliphatic heterocycles. The summed E-state index contributed by atoms with van der Waals surface area (Å²) in [6.07, 6.45) is 5.17. The second-order valence-corrected chi connectivity index (χ2v) is 9.26. The van der Waals surface area contributed by atoms with E-state index >= 15 is 0 Å². The van der Waals surface area contributed by atoms with Crippen molar-refractivity contribution in [2.45, 2.75) is 30.8 Å². The lowest BCUT2D eigenvalue weighted by molar-refractivity contribution is 0.0693. The molecular weight excluding hydrogens is 422 g/mol. The molecule has 0 unspecified atom stereocenters. The molecule has 0 radical (unpaired) electrons. The molecule has 0 atom stereocenters. The van der Waals surface area contributed by atoms with Crippen LogP contribution in [-0.4, -0.2) is 71.2 Å². The highest BCUT2D eigenvalue weighted by atomic mass is 32.2. The Morgan fingerprint density at radius 2 is 1.87 bits per heavy atom. The maximum Gasteiger partial charge on any atom is 0.409 e. The minimum atomic E-state index is -3.27. The maximum atomic E-state index is 11.8. The van der Waals surface area contributed by atoms with E-state index in [1.54, 1.807) is 34.8 Å². The minimum absolute atomic E-state index is 0.0822. The van der Waals surface area contributed by atoms with Crippen molar-refractivity contribution in [1.29, 1.82) is 0 Å². The molecule has 4 rings (SSSR count). The highest BCUT2D eigenvalue weighted by Gasteiger charge is 2.26. The summed E-state index contributed by atoms with van der Waals surface area (Å²) in [5.74, 6) is 0.429. The summed E-state index contributed by atoms with van der Waals surface area (Å²) < 4.78 is 36.1. The molecule has 0 bridgehead atoms. The summed E-state index contributed by atoms with van der Waals surface area (Å²) in [5.41, 5.74) is 1.23. The number of rotatable bonds is 5. The lowest BCUT2D eigenvalue weighted by Crippen LogP contribution is -2.42. The molecular formula is C20H23N5O5S. The zero-order valence-electron chi connectivity index (χ0n) is 17.3. The Hall–Kier alpha value is -3.21. The van der Waals surface area contributed by atoms with E-state index in [0.29, 0.717) is 55.1 Å². The molecule has 0 spiro atoms. The van der Waals surface area contributed by atoms with Crippen molar-refractivity contribution in [2.75, 3.05) is 26.0 Å². The first-order valence-electron chi connectivity index (χ1n) is 9.94. The van der Waals surface area contributed by atoms with E-state index in [0.717, 1.165) is 0 Å². The Balaban J connectivity index is 1.51. The number of fused-ring (bicyclic) bond motifs is 1. The summed E-state index contributed by atoms with van der Waals surface area (Å²) in [6, 6.07) is 6.43. The molecule has 0 aliphatic carbocycles. The lowest BCUT2D eigenvalue weighted by Gasteiger charge is -2.31. The molecule has 1 amide bonds. The van der Waals surface area contributed by atoms with Crippen LogP contribution >= 0.6 is 0 Å². The molecule has 1 saturated heterocycles. The van der Waals surface area contributed by atoms with Gasteiger partial charge in [-0.1, -0.05) is 0 Å². The van der Waals surface area contributed by atoms with Crippen molar-refractivity contribution in [1.82, 2.24) is 24.6 Å². The van der Waals surface area contributed by atoms with Gasteiger partial charge in [-0.25, -0.2) is 27.9 Å². The minimum Gasteiger partial charge on any atom is -0.474 e. The zero-order valence-corrected chi connectivity index (χ0v) is 18.1. The van der Waals surface area contributed by atoms with Crippen molar-refractivity contribution in [3.05, 3.63) is 36.8 Å². The van der Waals surface area contributed by atoms with Gasteiger partial charge in [-0.05, 0) is 31.2 Å². The largest absolute Gasteiger partial charge is 0.474 e. The molecule has 1 aliphatic rings. The maximum absolute atomic E-state index is 11.8. The summed E-state index contributed by atoms with van der Waals surface area (Å²) >= 11 is 0. The van der Waals surface area contributed by atoms with E-state index < -0.39 is 9.84 Å². The van der Waals surface area contributed by atoms with Crippen LogP contribution in [0.4, 0.5) is 4.79 Å². The molecule has 1 aromatic carbocycles. The van der Waals surface area contributed by atoms with Crippen LogP contribution < -0.4 is 4.74 Å². The normalized spacial score (nSPS) is 15.2. The van der Waals surface area contributed by atoms with E-state index in [4.69, 9.17) is 9.47 Å². The molecule has 164 valence electrons. The van der Waals surface area contributed by atoms with E-state index in [1.807, 2.05) is 0 Å². The van der Waals surface area contributed by atoms with E-state index in [1.165, 1.54) is 24.7 Å². The quantitative estimate of drug-likeness (QED) is 0.587. The number of amides is 1. The monoisotopic (exact) mass is 445 g/mol. The topological polar surface area (TPSA) is 117 Å². The molecule has 0 N–H and O–H groups in total. The molecule has 11 heteroatoms. The first kappa shape index (κ1) is 21.0. The van der Waals surface area contributed by atoms with Gasteiger partial charge in [0.1, 0.15) is 17.8 Å². The summed E-state index contributed by atoms with van der Waals surface area (Å²) in [5, 5.41) is 5.04. The van der Waals surface area contributed by atoms with Gasteiger partial charge < -0.3 is 14.4 Å². The third-order valence-corrected chi connectivity index (χ3v) is 6.21. The molecule has 3 heterocycles. The van der Waals surface area contributed by atoms with Crippen LogP contribution in [0.5, 0.6) is 5.88 Å². The van der Waals surface area contributed by atoms with Gasteiger partial charge in [-0.2, -0.15) is 5.10 Å². The van der Waals surface area contributed by atoms with Gasteiger partial charge in [-0.3, -0.25) is 0 Å². The number of nitrogens with zero attached hydrogens (tertiary/aromatic N) is 5. The van der Waals surface area contributed by atoms with Crippen LogP contribution in [0.2, 0.25) is 0 Å². The Bertz CT molecular complexity index is 1180. The first-order valence-corrected chi connectivity index (χ1v) is 11.8. The van der Waals surface area contributed by atoms with Gasteiger partial charge in [0.25, 0.3) is 0 Å². The Morgan fingerprint density at radius 3 is 2.52 bits per heavy atom. The fourth-order valence-corrected chi connectivity index (χ4v) is 4.10. The van der Waals surface area contributed by atoms with Crippen molar-refractivity contribution in [2.24, 2.45) is 0 Å². The second kappa shape index (κ2) is 8.50. The SMILES string of the molecule is CCOC(=O)N1CCC(Oc2ncnc3c2cnn3-c2ccc(S(C)(=O)=O)cc2)CC1. The average Bonchev–Trinajstić information content (AvgIpc) is 3.19. The van der Waals surface area contributed by atoms with Gasteiger partial charge in [0, 0.05) is 32.2 Å². The van der Waals surface area contributed by atoms with E-state index in [9.17, 15) is 13.2 Å². The lowest BCUT2D eigenvalue weighted by atomic mass is 10.1. The Morgan fingerprint density at radius 1 is 1.16 bits per heavy atom. The third-order valence-electron chi connectivity index (χ3n) is 5.08. The highest BCUT2D eigenvalue weighted by Crippen LogP contribution is 2.26. The molecule has 31 heavy (non-hydrogen) atoms. The van der Waals surface area contributed by atoms with Crippen molar-refractivity contribution >= 4 is 27.0 Å². The molecule has 10 nitrogen and oxygen atoms in total. The van der Waals surface area contributed by atoms with Gasteiger partial charge >= 0.3 is 6.09 Å². The first-order chi connectivity index (χ1) is 14.9. The fourth-order valence-electron chi connectivity index (χ4n) is 3.47. The van der Waals surface area contributed by atoms with Gasteiger partial charge in [0.2, 0.25) is 5.88 Å². The van der Waals surface area contributed by atoms with E-state index in [2.05, 4.69) is 15.1 Å². The average molecular weight is 446 g/mol. The standard InChI is InChI=1S/C20H23N5O5S/c1-3-29-20(26)24-10-8-15(9-11-24)30-19-17-12-23-25(18(17)21-13-22-19)14-4-6-16(7-5-14)31(2,27)28/h4-7,12-13,15H,3,8-11H2,1-2H3. The summed E-state index contributed by atoms with van der Waals surface area (Å²) in [7, 11) is -3.27. The number of hydrogen-bond acceptors (Lipinski definition) is 8. The Labute approximate surface area is 179 Å². The van der Waals surface area contributed by atoms with Crippen LogP contribution in [0.3, 0.4) is 0 Å². The number of carbonyl (C=O) groups excluding carboxylic acids is 1. The molecule has 2 aromatic heterocycles. The highest BCUT2D eigenvalue weighted by molar-refractivity contribution is 7.90. The van der Waals surface area contributed by atoms with Crippen LogP contribution in [0.1, 0.15) is 19.8 Å². The number of carbonyl (C=O) groups is 1. The fraction of sp³-hybridized carbons (Fsp3) is 0.400. The number of ether oxygens (including phenoxy) is 2. The molecule has 1 fully saturated rings. The predicted molar refractivity (Wildman–Crippen MR) is 112 cm³/mol. The van der Waals surface area contributed by atoms with E-state index in [-0.39, 0.29) is 17.1 Å². The Kier molecular flexibility index (Phi) is 5.77. The van der Waals surface area contributed by atoms with Gasteiger partial charge in [-0.15, -0.1) is 0 Å². The number of piperidine rings is 1. The smallest absolute Gasteiger partial charge is 0.409 e. The van der Waals surface area contributed by atoms with Crippen LogP contribution in [0.25, 0.3) is 16.7 Å². The second-order valence-electron chi connectivity index (χ2n) is 7.24.